The Morgan fingerprint density at radius 1 is 1.18 bits per heavy atom. The first-order valence-corrected chi connectivity index (χ1v) is 7.08. The lowest BCUT2D eigenvalue weighted by atomic mass is 9.74. The highest BCUT2D eigenvalue weighted by Gasteiger charge is 2.25. The molecule has 1 nitrogen and oxygen atoms in total. The maximum absolute atomic E-state index is 5.82. The van der Waals surface area contributed by atoms with Gasteiger partial charge >= 0.3 is 0 Å². The molecular formula is C16H25N. The first kappa shape index (κ1) is 12.6. The maximum atomic E-state index is 5.82. The van der Waals surface area contributed by atoms with E-state index < -0.39 is 0 Å². The molecule has 0 radical (unpaired) electrons. The summed E-state index contributed by atoms with van der Waals surface area (Å²) in [6.07, 6.45) is 8.21. The van der Waals surface area contributed by atoms with Crippen molar-refractivity contribution in [3.8, 4) is 0 Å². The summed E-state index contributed by atoms with van der Waals surface area (Å²) in [7, 11) is 0. The van der Waals surface area contributed by atoms with E-state index in [2.05, 4.69) is 31.2 Å². The van der Waals surface area contributed by atoms with Crippen LogP contribution in [0, 0.1) is 12.8 Å². The first-order chi connectivity index (χ1) is 8.33. The summed E-state index contributed by atoms with van der Waals surface area (Å²) in [5.74, 6) is 1.56. The van der Waals surface area contributed by atoms with Crippen LogP contribution in [0.5, 0.6) is 0 Å². The number of aryl methyl sites for hydroxylation is 1. The molecule has 0 aromatic heterocycles. The lowest BCUT2D eigenvalue weighted by Gasteiger charge is -2.31. The topological polar surface area (TPSA) is 26.0 Å². The third-order valence-corrected chi connectivity index (χ3v) is 4.28. The molecule has 1 heteroatoms. The van der Waals surface area contributed by atoms with Crippen LogP contribution in [-0.2, 0) is 0 Å². The first-order valence-electron chi connectivity index (χ1n) is 7.08. The van der Waals surface area contributed by atoms with Gasteiger partial charge < -0.3 is 5.73 Å². The van der Waals surface area contributed by atoms with E-state index in [1.165, 1.54) is 37.7 Å². The van der Waals surface area contributed by atoms with Crippen molar-refractivity contribution in [2.45, 2.75) is 51.4 Å². The van der Waals surface area contributed by atoms with Crippen molar-refractivity contribution < 1.29 is 0 Å². The zero-order valence-corrected chi connectivity index (χ0v) is 11.0. The standard InChI is InChI=1S/C16H25N/c1-13-7-5-6-10-15(13)16(11-12-17)14-8-3-2-4-9-14/h5-7,10,14,16H,2-4,8-9,11-12,17H2,1H3. The predicted octanol–water partition coefficient (Wildman–Crippen LogP) is 4.01. The second kappa shape index (κ2) is 6.20. The summed E-state index contributed by atoms with van der Waals surface area (Å²) in [5.41, 5.74) is 8.81. The summed E-state index contributed by atoms with van der Waals surface area (Å²) >= 11 is 0. The molecule has 2 N–H and O–H groups in total. The highest BCUT2D eigenvalue weighted by Crippen LogP contribution is 2.38. The lowest BCUT2D eigenvalue weighted by molar-refractivity contribution is 0.295. The molecule has 1 saturated carbocycles. The minimum Gasteiger partial charge on any atom is -0.330 e. The van der Waals surface area contributed by atoms with Gasteiger partial charge in [-0.15, -0.1) is 0 Å². The number of rotatable bonds is 4. The van der Waals surface area contributed by atoms with Crippen LogP contribution in [0.25, 0.3) is 0 Å². The summed E-state index contributed by atoms with van der Waals surface area (Å²) in [6, 6.07) is 8.86. The van der Waals surface area contributed by atoms with Gasteiger partial charge in [-0.2, -0.15) is 0 Å². The number of nitrogens with two attached hydrogens (primary N) is 1. The summed E-state index contributed by atoms with van der Waals surface area (Å²) in [4.78, 5) is 0. The molecule has 0 spiro atoms. The molecule has 1 unspecified atom stereocenters. The molecule has 0 bridgehead atoms. The van der Waals surface area contributed by atoms with Crippen LogP contribution in [0.1, 0.15) is 55.6 Å². The fraction of sp³-hybridized carbons (Fsp3) is 0.625. The van der Waals surface area contributed by atoms with Gasteiger partial charge in [0.1, 0.15) is 0 Å². The van der Waals surface area contributed by atoms with Crippen LogP contribution >= 0.6 is 0 Å². The summed E-state index contributed by atoms with van der Waals surface area (Å²) < 4.78 is 0. The molecule has 0 saturated heterocycles. The van der Waals surface area contributed by atoms with E-state index in [1.54, 1.807) is 5.56 Å². The zero-order valence-electron chi connectivity index (χ0n) is 11.0. The van der Waals surface area contributed by atoms with Crippen molar-refractivity contribution in [1.29, 1.82) is 0 Å². The number of hydrogen-bond acceptors (Lipinski definition) is 1. The van der Waals surface area contributed by atoms with E-state index in [0.717, 1.165) is 18.9 Å². The zero-order chi connectivity index (χ0) is 12.1. The monoisotopic (exact) mass is 231 g/mol. The van der Waals surface area contributed by atoms with E-state index in [9.17, 15) is 0 Å². The smallest absolute Gasteiger partial charge is 0.00713 e. The Balaban J connectivity index is 2.18. The Kier molecular flexibility index (Phi) is 4.61. The highest BCUT2D eigenvalue weighted by atomic mass is 14.5. The summed E-state index contributed by atoms with van der Waals surface area (Å²) in [5, 5.41) is 0. The van der Waals surface area contributed by atoms with Crippen molar-refractivity contribution in [2.75, 3.05) is 6.54 Å². The van der Waals surface area contributed by atoms with E-state index in [4.69, 9.17) is 5.73 Å². The van der Waals surface area contributed by atoms with E-state index >= 15 is 0 Å². The van der Waals surface area contributed by atoms with Gasteiger partial charge in [0.25, 0.3) is 0 Å². The van der Waals surface area contributed by atoms with Crippen LogP contribution in [0.4, 0.5) is 0 Å². The fourth-order valence-electron chi connectivity index (χ4n) is 3.36. The molecule has 94 valence electrons. The minimum absolute atomic E-state index is 0.696. The normalized spacial score (nSPS) is 19.2. The quantitative estimate of drug-likeness (QED) is 0.832. The molecule has 0 aliphatic heterocycles. The van der Waals surface area contributed by atoms with E-state index in [-0.39, 0.29) is 0 Å². The van der Waals surface area contributed by atoms with Crippen molar-refractivity contribution >= 4 is 0 Å². The van der Waals surface area contributed by atoms with Gasteiger partial charge in [-0.05, 0) is 55.7 Å². The Bertz CT molecular complexity index is 339. The molecule has 1 aliphatic rings. The lowest BCUT2D eigenvalue weighted by Crippen LogP contribution is -2.20. The second-order valence-corrected chi connectivity index (χ2v) is 5.44. The summed E-state index contributed by atoms with van der Waals surface area (Å²) in [6.45, 7) is 3.05. The Morgan fingerprint density at radius 2 is 1.88 bits per heavy atom. The Hall–Kier alpha value is -0.820. The second-order valence-electron chi connectivity index (χ2n) is 5.44. The number of benzene rings is 1. The highest BCUT2D eigenvalue weighted by molar-refractivity contribution is 5.29. The molecule has 0 heterocycles. The van der Waals surface area contributed by atoms with Gasteiger partial charge in [-0.25, -0.2) is 0 Å². The molecule has 1 fully saturated rings. The van der Waals surface area contributed by atoms with Crippen LogP contribution < -0.4 is 5.73 Å². The van der Waals surface area contributed by atoms with Crippen LogP contribution in [0.3, 0.4) is 0 Å². The largest absolute Gasteiger partial charge is 0.330 e. The molecule has 1 aromatic carbocycles. The van der Waals surface area contributed by atoms with E-state index in [1.807, 2.05) is 0 Å². The number of hydrogen-bond donors (Lipinski definition) is 1. The van der Waals surface area contributed by atoms with Gasteiger partial charge in [0.05, 0.1) is 0 Å². The van der Waals surface area contributed by atoms with Crippen LogP contribution in [0.2, 0.25) is 0 Å². The fourth-order valence-corrected chi connectivity index (χ4v) is 3.36. The van der Waals surface area contributed by atoms with Crippen molar-refractivity contribution in [3.05, 3.63) is 35.4 Å². The van der Waals surface area contributed by atoms with Crippen molar-refractivity contribution in [1.82, 2.24) is 0 Å². The average molecular weight is 231 g/mol. The van der Waals surface area contributed by atoms with Crippen LogP contribution in [-0.4, -0.2) is 6.54 Å². The third-order valence-electron chi connectivity index (χ3n) is 4.28. The van der Waals surface area contributed by atoms with Gasteiger partial charge in [-0.1, -0.05) is 43.5 Å². The van der Waals surface area contributed by atoms with Crippen molar-refractivity contribution in [3.63, 3.8) is 0 Å². The van der Waals surface area contributed by atoms with Gasteiger partial charge in [0, 0.05) is 0 Å². The third kappa shape index (κ3) is 3.10. The molecule has 0 amide bonds. The predicted molar refractivity (Wildman–Crippen MR) is 74.2 cm³/mol. The van der Waals surface area contributed by atoms with Gasteiger partial charge in [-0.3, -0.25) is 0 Å². The molecule has 2 rings (SSSR count). The van der Waals surface area contributed by atoms with E-state index in [0.29, 0.717) is 5.92 Å². The molecule has 1 atom stereocenters. The minimum atomic E-state index is 0.696. The van der Waals surface area contributed by atoms with Crippen molar-refractivity contribution in [2.24, 2.45) is 11.7 Å². The van der Waals surface area contributed by atoms with Crippen LogP contribution in [0.15, 0.2) is 24.3 Å². The van der Waals surface area contributed by atoms with Gasteiger partial charge in [0.2, 0.25) is 0 Å². The molecular weight excluding hydrogens is 206 g/mol. The molecule has 1 aliphatic carbocycles. The average Bonchev–Trinajstić information content (AvgIpc) is 2.38. The maximum Gasteiger partial charge on any atom is -0.00713 e. The molecule has 1 aromatic rings. The van der Waals surface area contributed by atoms with Gasteiger partial charge in [0.15, 0.2) is 0 Å². The SMILES string of the molecule is Cc1ccccc1C(CCN)C1CCCCC1. The Labute approximate surface area is 105 Å². The molecule has 17 heavy (non-hydrogen) atoms. The Morgan fingerprint density at radius 3 is 2.53 bits per heavy atom.